The molecule has 0 radical (unpaired) electrons. The predicted molar refractivity (Wildman–Crippen MR) is 89.8 cm³/mol. The fourth-order valence-corrected chi connectivity index (χ4v) is 2.64. The number of thioether (sulfide) groups is 1. The number of carbonyl (C=O) groups excluding carboxylic acids is 2. The second kappa shape index (κ2) is 7.23. The van der Waals surface area contributed by atoms with Crippen LogP contribution < -0.4 is 10.6 Å². The molecule has 0 spiro atoms. The molecule has 1 saturated carbocycles. The first-order valence-electron chi connectivity index (χ1n) is 7.39. The minimum absolute atomic E-state index is 0.193. The van der Waals surface area contributed by atoms with Crippen LogP contribution in [0.4, 0.5) is 4.79 Å². The highest BCUT2D eigenvalue weighted by Crippen LogP contribution is 2.27. The van der Waals surface area contributed by atoms with Crippen LogP contribution in [-0.2, 0) is 4.79 Å². The standard InChI is InChI=1S/C15H15ClN4O3S/c1-8(12(21)18-14(22)17-11-6-7-11)24-15-20-19-13(23-15)9-2-4-10(16)5-3-9/h2-5,8,11H,6-7H2,1H3,(H2,17,18,21,22). The average Bonchev–Trinajstić information content (AvgIpc) is 3.23. The summed E-state index contributed by atoms with van der Waals surface area (Å²) in [6.45, 7) is 1.66. The number of urea groups is 1. The van der Waals surface area contributed by atoms with E-state index in [0.717, 1.165) is 30.2 Å². The van der Waals surface area contributed by atoms with Crippen molar-refractivity contribution in [3.8, 4) is 11.5 Å². The highest BCUT2D eigenvalue weighted by molar-refractivity contribution is 8.00. The van der Waals surface area contributed by atoms with Crippen LogP contribution in [-0.4, -0.2) is 33.4 Å². The molecule has 0 aliphatic heterocycles. The van der Waals surface area contributed by atoms with Crippen molar-refractivity contribution in [1.29, 1.82) is 0 Å². The van der Waals surface area contributed by atoms with E-state index in [-0.39, 0.29) is 11.3 Å². The van der Waals surface area contributed by atoms with Gasteiger partial charge in [-0.2, -0.15) is 0 Å². The smallest absolute Gasteiger partial charge is 0.321 e. The molecular weight excluding hydrogens is 352 g/mol. The van der Waals surface area contributed by atoms with E-state index in [1.54, 1.807) is 31.2 Å². The zero-order valence-corrected chi connectivity index (χ0v) is 14.4. The molecule has 7 nitrogen and oxygen atoms in total. The molecule has 126 valence electrons. The number of nitrogens with zero attached hydrogens (tertiary/aromatic N) is 2. The van der Waals surface area contributed by atoms with Crippen LogP contribution in [0.1, 0.15) is 19.8 Å². The van der Waals surface area contributed by atoms with E-state index < -0.39 is 17.2 Å². The van der Waals surface area contributed by atoms with Crippen LogP contribution in [0.5, 0.6) is 0 Å². The molecule has 1 unspecified atom stereocenters. The topological polar surface area (TPSA) is 97.1 Å². The Morgan fingerprint density at radius 2 is 2.00 bits per heavy atom. The molecule has 9 heteroatoms. The van der Waals surface area contributed by atoms with Gasteiger partial charge in [0, 0.05) is 16.6 Å². The first-order valence-corrected chi connectivity index (χ1v) is 8.64. The summed E-state index contributed by atoms with van der Waals surface area (Å²) >= 11 is 6.93. The van der Waals surface area contributed by atoms with Crippen molar-refractivity contribution < 1.29 is 14.0 Å². The Kier molecular flexibility index (Phi) is 5.06. The summed E-state index contributed by atoms with van der Waals surface area (Å²) < 4.78 is 5.53. The number of carbonyl (C=O) groups is 2. The van der Waals surface area contributed by atoms with Crippen LogP contribution >= 0.6 is 23.4 Å². The highest BCUT2D eigenvalue weighted by atomic mass is 35.5. The maximum absolute atomic E-state index is 12.0. The number of aromatic nitrogens is 2. The SMILES string of the molecule is CC(Sc1nnc(-c2ccc(Cl)cc2)o1)C(=O)NC(=O)NC1CC1. The highest BCUT2D eigenvalue weighted by Gasteiger charge is 2.25. The second-order valence-corrected chi connectivity index (χ2v) is 7.11. The summed E-state index contributed by atoms with van der Waals surface area (Å²) in [6.07, 6.45) is 1.92. The van der Waals surface area contributed by atoms with Gasteiger partial charge in [-0.25, -0.2) is 4.79 Å². The molecule has 1 atom stereocenters. The van der Waals surface area contributed by atoms with Crippen LogP contribution in [0, 0.1) is 0 Å². The first-order chi connectivity index (χ1) is 11.5. The van der Waals surface area contributed by atoms with Gasteiger partial charge in [-0.1, -0.05) is 23.4 Å². The molecule has 1 aliphatic rings. The van der Waals surface area contributed by atoms with Gasteiger partial charge in [-0.15, -0.1) is 10.2 Å². The zero-order chi connectivity index (χ0) is 17.1. The molecule has 2 aromatic rings. The van der Waals surface area contributed by atoms with E-state index in [1.165, 1.54) is 0 Å². The Morgan fingerprint density at radius 1 is 1.29 bits per heavy atom. The zero-order valence-electron chi connectivity index (χ0n) is 12.8. The molecule has 1 aromatic carbocycles. The summed E-state index contributed by atoms with van der Waals surface area (Å²) in [5, 5.41) is 13.2. The minimum atomic E-state index is -0.548. The van der Waals surface area contributed by atoms with Gasteiger partial charge in [-0.3, -0.25) is 10.1 Å². The average molecular weight is 367 g/mol. The summed E-state index contributed by atoms with van der Waals surface area (Å²) in [6, 6.07) is 6.71. The number of hydrogen-bond acceptors (Lipinski definition) is 6. The van der Waals surface area contributed by atoms with E-state index in [4.69, 9.17) is 16.0 Å². The molecule has 1 aliphatic carbocycles. The minimum Gasteiger partial charge on any atom is -0.411 e. The maximum atomic E-state index is 12.0. The number of hydrogen-bond donors (Lipinski definition) is 2. The van der Waals surface area contributed by atoms with Gasteiger partial charge < -0.3 is 9.73 Å². The Labute approximate surface area is 147 Å². The van der Waals surface area contributed by atoms with Crippen molar-refractivity contribution in [3.05, 3.63) is 29.3 Å². The number of rotatable bonds is 5. The molecule has 1 fully saturated rings. The third-order valence-corrected chi connectivity index (χ3v) is 4.48. The fourth-order valence-electron chi connectivity index (χ4n) is 1.83. The van der Waals surface area contributed by atoms with E-state index in [1.807, 2.05) is 0 Å². The van der Waals surface area contributed by atoms with E-state index in [2.05, 4.69) is 20.8 Å². The lowest BCUT2D eigenvalue weighted by atomic mass is 10.2. The third-order valence-electron chi connectivity index (χ3n) is 3.29. The van der Waals surface area contributed by atoms with Crippen LogP contribution in [0.15, 0.2) is 33.9 Å². The lowest BCUT2D eigenvalue weighted by Crippen LogP contribution is -2.43. The lowest BCUT2D eigenvalue weighted by molar-refractivity contribution is -0.119. The predicted octanol–water partition coefficient (Wildman–Crippen LogP) is 2.86. The van der Waals surface area contributed by atoms with E-state index >= 15 is 0 Å². The van der Waals surface area contributed by atoms with Gasteiger partial charge in [0.25, 0.3) is 5.22 Å². The summed E-state index contributed by atoms with van der Waals surface area (Å²) in [5.41, 5.74) is 0.736. The van der Waals surface area contributed by atoms with Gasteiger partial charge in [0.05, 0.1) is 5.25 Å². The van der Waals surface area contributed by atoms with Crippen molar-refractivity contribution in [1.82, 2.24) is 20.8 Å². The van der Waals surface area contributed by atoms with Crippen molar-refractivity contribution in [3.63, 3.8) is 0 Å². The number of imide groups is 1. The van der Waals surface area contributed by atoms with Gasteiger partial charge in [0.2, 0.25) is 11.8 Å². The van der Waals surface area contributed by atoms with Crippen molar-refractivity contribution in [2.45, 2.75) is 36.3 Å². The summed E-state index contributed by atoms with van der Waals surface area (Å²) in [5.74, 6) is -0.0716. The van der Waals surface area contributed by atoms with Crippen molar-refractivity contribution in [2.75, 3.05) is 0 Å². The van der Waals surface area contributed by atoms with Gasteiger partial charge >= 0.3 is 6.03 Å². The van der Waals surface area contributed by atoms with E-state index in [0.29, 0.717) is 10.9 Å². The molecule has 0 bridgehead atoms. The summed E-state index contributed by atoms with van der Waals surface area (Å²) in [4.78, 5) is 23.5. The fraction of sp³-hybridized carbons (Fsp3) is 0.333. The Hall–Kier alpha value is -2.06. The largest absolute Gasteiger partial charge is 0.411 e. The molecule has 3 amide bonds. The molecule has 2 N–H and O–H groups in total. The Bertz CT molecular complexity index is 745. The molecule has 1 heterocycles. The number of amides is 3. The van der Waals surface area contributed by atoms with Crippen molar-refractivity contribution >= 4 is 35.3 Å². The monoisotopic (exact) mass is 366 g/mol. The molecule has 1 aromatic heterocycles. The van der Waals surface area contributed by atoms with Gasteiger partial charge in [0.15, 0.2) is 0 Å². The van der Waals surface area contributed by atoms with Crippen LogP contribution in [0.25, 0.3) is 11.5 Å². The molecule has 0 saturated heterocycles. The first kappa shape index (κ1) is 16.8. The molecular formula is C15H15ClN4O3S. The second-order valence-electron chi connectivity index (χ2n) is 5.38. The number of nitrogens with one attached hydrogen (secondary N) is 2. The molecule has 3 rings (SSSR count). The Morgan fingerprint density at radius 3 is 2.67 bits per heavy atom. The normalized spacial score (nSPS) is 14.9. The Balaban J connectivity index is 1.56. The van der Waals surface area contributed by atoms with Crippen LogP contribution in [0.3, 0.4) is 0 Å². The number of benzene rings is 1. The number of halogens is 1. The van der Waals surface area contributed by atoms with Gasteiger partial charge in [0.1, 0.15) is 0 Å². The lowest BCUT2D eigenvalue weighted by Gasteiger charge is -2.09. The van der Waals surface area contributed by atoms with Crippen molar-refractivity contribution in [2.24, 2.45) is 0 Å². The van der Waals surface area contributed by atoms with Crippen LogP contribution in [0.2, 0.25) is 5.02 Å². The third kappa shape index (κ3) is 4.48. The quantitative estimate of drug-likeness (QED) is 0.790. The maximum Gasteiger partial charge on any atom is 0.321 e. The summed E-state index contributed by atoms with van der Waals surface area (Å²) in [7, 11) is 0. The molecule has 24 heavy (non-hydrogen) atoms. The van der Waals surface area contributed by atoms with E-state index in [9.17, 15) is 9.59 Å². The van der Waals surface area contributed by atoms with Gasteiger partial charge in [-0.05, 0) is 44.0 Å².